The van der Waals surface area contributed by atoms with Crippen LogP contribution in [0.1, 0.15) is 6.92 Å². The van der Waals surface area contributed by atoms with Gasteiger partial charge in [-0.05, 0) is 13.0 Å². The van der Waals surface area contributed by atoms with Gasteiger partial charge in [0.2, 0.25) is 5.88 Å². The maximum absolute atomic E-state index is 5.06. The number of hydrogen-bond acceptors (Lipinski definition) is 2. The van der Waals surface area contributed by atoms with Crippen molar-refractivity contribution in [3.05, 3.63) is 36.7 Å². The number of allylic oxidation sites excluding steroid dienone is 1. The third kappa shape index (κ3) is 1.90. The van der Waals surface area contributed by atoms with Crippen molar-refractivity contribution in [2.75, 3.05) is 0 Å². The van der Waals surface area contributed by atoms with Crippen LogP contribution < -0.4 is 4.74 Å². The summed E-state index contributed by atoms with van der Waals surface area (Å²) < 4.78 is 5.06. The molecule has 0 aliphatic carbocycles. The van der Waals surface area contributed by atoms with Crippen LogP contribution in [0.5, 0.6) is 5.88 Å². The Labute approximate surface area is 60.2 Å². The fourth-order valence-electron chi connectivity index (χ4n) is 0.555. The second-order valence-electron chi connectivity index (χ2n) is 1.76. The van der Waals surface area contributed by atoms with Crippen LogP contribution in [0, 0.1) is 0 Å². The Kier molecular flexibility index (Phi) is 2.49. The zero-order valence-corrected chi connectivity index (χ0v) is 5.82. The van der Waals surface area contributed by atoms with Gasteiger partial charge in [0.1, 0.15) is 0 Å². The summed E-state index contributed by atoms with van der Waals surface area (Å²) in [7, 11) is 0. The largest absolute Gasteiger partial charge is 0.447 e. The van der Waals surface area contributed by atoms with Crippen molar-refractivity contribution in [1.29, 1.82) is 0 Å². The lowest BCUT2D eigenvalue weighted by Gasteiger charge is -1.94. The van der Waals surface area contributed by atoms with Crippen molar-refractivity contribution in [2.24, 2.45) is 0 Å². The van der Waals surface area contributed by atoms with Gasteiger partial charge >= 0.3 is 0 Å². The van der Waals surface area contributed by atoms with E-state index in [0.717, 1.165) is 0 Å². The molecule has 0 aliphatic rings. The molecule has 0 aliphatic heterocycles. The maximum atomic E-state index is 5.06. The highest BCUT2D eigenvalue weighted by atomic mass is 16.5. The smallest absolute Gasteiger partial charge is 0.218 e. The topological polar surface area (TPSA) is 22.1 Å². The van der Waals surface area contributed by atoms with Crippen molar-refractivity contribution in [1.82, 2.24) is 4.98 Å². The fraction of sp³-hybridized carbons (Fsp3) is 0.125. The number of pyridine rings is 1. The number of rotatable bonds is 2. The molecule has 52 valence electrons. The summed E-state index contributed by atoms with van der Waals surface area (Å²) in [6.07, 6.45) is 5.11. The maximum Gasteiger partial charge on any atom is 0.218 e. The molecule has 1 aromatic rings. The lowest BCUT2D eigenvalue weighted by Crippen LogP contribution is -1.83. The zero-order chi connectivity index (χ0) is 7.23. The van der Waals surface area contributed by atoms with Crippen LogP contribution in [0.15, 0.2) is 36.7 Å². The van der Waals surface area contributed by atoms with E-state index in [1.807, 2.05) is 25.1 Å². The zero-order valence-electron chi connectivity index (χ0n) is 5.82. The van der Waals surface area contributed by atoms with Crippen LogP contribution >= 0.6 is 0 Å². The van der Waals surface area contributed by atoms with E-state index < -0.39 is 0 Å². The van der Waals surface area contributed by atoms with E-state index in [1.54, 1.807) is 18.5 Å². The van der Waals surface area contributed by atoms with Gasteiger partial charge in [0.05, 0.1) is 6.26 Å². The van der Waals surface area contributed by atoms with E-state index >= 15 is 0 Å². The summed E-state index contributed by atoms with van der Waals surface area (Å²) >= 11 is 0. The molecule has 0 spiro atoms. The SMILES string of the molecule is CC=COc1ccccn1. The molecule has 0 bridgehead atoms. The molecule has 0 aromatic carbocycles. The second-order valence-corrected chi connectivity index (χ2v) is 1.76. The first-order chi connectivity index (χ1) is 4.93. The summed E-state index contributed by atoms with van der Waals surface area (Å²) in [4.78, 5) is 3.94. The van der Waals surface area contributed by atoms with Crippen LogP contribution in [-0.2, 0) is 0 Å². The highest BCUT2D eigenvalue weighted by Crippen LogP contribution is 2.02. The van der Waals surface area contributed by atoms with Gasteiger partial charge in [-0.25, -0.2) is 4.98 Å². The standard InChI is InChI=1S/C8H9NO/c1-2-7-10-8-5-3-4-6-9-8/h2-7H,1H3. The molecule has 0 amide bonds. The Morgan fingerprint density at radius 1 is 1.50 bits per heavy atom. The normalized spacial score (nSPS) is 10.1. The Hall–Kier alpha value is -1.31. The van der Waals surface area contributed by atoms with Crippen molar-refractivity contribution >= 4 is 0 Å². The Bertz CT molecular complexity index is 206. The van der Waals surface area contributed by atoms with Gasteiger partial charge in [-0.2, -0.15) is 0 Å². The number of hydrogen-bond donors (Lipinski definition) is 0. The first kappa shape index (κ1) is 6.81. The van der Waals surface area contributed by atoms with Crippen molar-refractivity contribution in [3.8, 4) is 5.88 Å². The van der Waals surface area contributed by atoms with E-state index in [4.69, 9.17) is 4.74 Å². The minimum atomic E-state index is 0.626. The summed E-state index contributed by atoms with van der Waals surface area (Å²) in [5.74, 6) is 0.626. The Morgan fingerprint density at radius 2 is 2.40 bits per heavy atom. The first-order valence-corrected chi connectivity index (χ1v) is 3.12. The van der Waals surface area contributed by atoms with E-state index in [-0.39, 0.29) is 0 Å². The number of aromatic nitrogens is 1. The third-order valence-electron chi connectivity index (χ3n) is 0.963. The number of nitrogens with zero attached hydrogens (tertiary/aromatic N) is 1. The summed E-state index contributed by atoms with van der Waals surface area (Å²) in [6, 6.07) is 5.54. The van der Waals surface area contributed by atoms with E-state index in [1.165, 1.54) is 0 Å². The molecular formula is C8H9NO. The highest BCUT2D eigenvalue weighted by Gasteiger charge is 1.84. The molecule has 0 saturated carbocycles. The highest BCUT2D eigenvalue weighted by molar-refractivity contribution is 5.10. The van der Waals surface area contributed by atoms with Crippen LogP contribution in [0.2, 0.25) is 0 Å². The molecule has 2 heteroatoms. The molecule has 0 saturated heterocycles. The molecular weight excluding hydrogens is 126 g/mol. The van der Waals surface area contributed by atoms with Gasteiger partial charge in [-0.15, -0.1) is 0 Å². The van der Waals surface area contributed by atoms with Gasteiger partial charge in [-0.1, -0.05) is 12.1 Å². The summed E-state index contributed by atoms with van der Waals surface area (Å²) in [6.45, 7) is 1.89. The molecule has 0 unspecified atom stereocenters. The monoisotopic (exact) mass is 135 g/mol. The first-order valence-electron chi connectivity index (χ1n) is 3.12. The van der Waals surface area contributed by atoms with Gasteiger partial charge in [0.25, 0.3) is 0 Å². The molecule has 0 atom stereocenters. The molecule has 0 N–H and O–H groups in total. The molecule has 0 radical (unpaired) electrons. The average molecular weight is 135 g/mol. The summed E-state index contributed by atoms with van der Waals surface area (Å²) in [5, 5.41) is 0. The molecule has 2 nitrogen and oxygen atoms in total. The van der Waals surface area contributed by atoms with Gasteiger partial charge < -0.3 is 4.74 Å². The lowest BCUT2D eigenvalue weighted by molar-refractivity contribution is 0.460. The minimum Gasteiger partial charge on any atom is -0.447 e. The van der Waals surface area contributed by atoms with Crippen LogP contribution in [0.3, 0.4) is 0 Å². The van der Waals surface area contributed by atoms with E-state index in [0.29, 0.717) is 5.88 Å². The quantitative estimate of drug-likeness (QED) is 0.578. The minimum absolute atomic E-state index is 0.626. The van der Waals surface area contributed by atoms with Gasteiger partial charge in [0.15, 0.2) is 0 Å². The van der Waals surface area contributed by atoms with Crippen molar-refractivity contribution < 1.29 is 4.74 Å². The Morgan fingerprint density at radius 3 is 3.00 bits per heavy atom. The van der Waals surface area contributed by atoms with E-state index in [9.17, 15) is 0 Å². The third-order valence-corrected chi connectivity index (χ3v) is 0.963. The van der Waals surface area contributed by atoms with Crippen LogP contribution in [0.4, 0.5) is 0 Å². The predicted octanol–water partition coefficient (Wildman–Crippen LogP) is 1.99. The lowest BCUT2D eigenvalue weighted by atomic mass is 10.5. The Balaban J connectivity index is 2.59. The van der Waals surface area contributed by atoms with Crippen molar-refractivity contribution in [2.45, 2.75) is 6.92 Å². The van der Waals surface area contributed by atoms with Crippen molar-refractivity contribution in [3.63, 3.8) is 0 Å². The molecule has 0 fully saturated rings. The average Bonchev–Trinajstić information content (AvgIpc) is 2.03. The number of ether oxygens (including phenoxy) is 1. The van der Waals surface area contributed by atoms with Gasteiger partial charge in [0, 0.05) is 12.3 Å². The van der Waals surface area contributed by atoms with Crippen LogP contribution in [0.25, 0.3) is 0 Å². The predicted molar refractivity (Wildman–Crippen MR) is 39.7 cm³/mol. The molecule has 10 heavy (non-hydrogen) atoms. The molecule has 1 rings (SSSR count). The van der Waals surface area contributed by atoms with Crippen LogP contribution in [-0.4, -0.2) is 4.98 Å². The second kappa shape index (κ2) is 3.67. The fourth-order valence-corrected chi connectivity index (χ4v) is 0.555. The van der Waals surface area contributed by atoms with Gasteiger partial charge in [-0.3, -0.25) is 0 Å². The molecule has 1 heterocycles. The molecule has 1 aromatic heterocycles. The summed E-state index contributed by atoms with van der Waals surface area (Å²) in [5.41, 5.74) is 0. The van der Waals surface area contributed by atoms with E-state index in [2.05, 4.69) is 4.98 Å².